The minimum Gasteiger partial charge on any atom is -0.263 e. The molecule has 2 rings (SSSR count). The number of aromatic nitrogens is 2. The molecule has 0 bridgehead atoms. The zero-order valence-electron chi connectivity index (χ0n) is 7.52. The fraction of sp³-hybridized carbons (Fsp3) is 0.111. The predicted molar refractivity (Wildman–Crippen MR) is 57.3 cm³/mol. The molecule has 0 radical (unpaired) electrons. The van der Waals surface area contributed by atoms with Gasteiger partial charge in [0, 0.05) is 17.8 Å². The molecule has 2 heterocycles. The van der Waals surface area contributed by atoms with Crippen LogP contribution in [0.2, 0.25) is 5.02 Å². The minimum absolute atomic E-state index is 0.187. The molecule has 0 unspecified atom stereocenters. The van der Waals surface area contributed by atoms with Crippen molar-refractivity contribution in [1.29, 1.82) is 0 Å². The maximum absolute atomic E-state index is 12.5. The lowest BCUT2D eigenvalue weighted by Crippen LogP contribution is -2.09. The summed E-state index contributed by atoms with van der Waals surface area (Å²) in [7, 11) is 0. The Balaban J connectivity index is 2.80. The van der Waals surface area contributed by atoms with E-state index in [2.05, 4.69) is 25.9 Å². The van der Waals surface area contributed by atoms with Gasteiger partial charge in [0.2, 0.25) is 0 Å². The van der Waals surface area contributed by atoms with Gasteiger partial charge in [-0.2, -0.15) is 13.2 Å². The van der Waals surface area contributed by atoms with Crippen LogP contribution in [-0.4, -0.2) is 9.97 Å². The summed E-state index contributed by atoms with van der Waals surface area (Å²) in [6, 6.07) is 1.20. The summed E-state index contributed by atoms with van der Waals surface area (Å²) in [4.78, 5) is 7.32. The molecule has 2 aromatic rings. The molecular weight excluding hydrogens is 308 g/mol. The highest BCUT2D eigenvalue weighted by molar-refractivity contribution is 9.10. The second-order valence-electron chi connectivity index (χ2n) is 3.01. The van der Waals surface area contributed by atoms with Gasteiger partial charge in [-0.3, -0.25) is 4.98 Å². The first-order chi connectivity index (χ1) is 7.39. The lowest BCUT2D eigenvalue weighted by molar-refractivity contribution is -0.140. The topological polar surface area (TPSA) is 25.8 Å². The van der Waals surface area contributed by atoms with E-state index in [0.29, 0.717) is 9.86 Å². The summed E-state index contributed by atoms with van der Waals surface area (Å²) in [6.07, 6.45) is -1.78. The number of rotatable bonds is 0. The number of hydrogen-bond acceptors (Lipinski definition) is 2. The first-order valence-electron chi connectivity index (χ1n) is 4.06. The summed E-state index contributed by atoms with van der Waals surface area (Å²) in [5.41, 5.74) is -0.903. The van der Waals surface area contributed by atoms with E-state index in [1.54, 1.807) is 0 Å². The van der Waals surface area contributed by atoms with Gasteiger partial charge in [-0.25, -0.2) is 4.98 Å². The van der Waals surface area contributed by atoms with E-state index in [4.69, 9.17) is 11.6 Å². The van der Waals surface area contributed by atoms with Crippen molar-refractivity contribution in [3.8, 4) is 0 Å². The Labute approximate surface area is 102 Å². The second kappa shape index (κ2) is 3.85. The van der Waals surface area contributed by atoms with Crippen molar-refractivity contribution in [2.45, 2.75) is 6.18 Å². The third-order valence-corrected chi connectivity index (χ3v) is 2.77. The summed E-state index contributed by atoms with van der Waals surface area (Å²) in [5, 5.41) is 0.0206. The van der Waals surface area contributed by atoms with Crippen molar-refractivity contribution in [3.05, 3.63) is 33.6 Å². The zero-order valence-corrected chi connectivity index (χ0v) is 9.86. The molecule has 0 aromatic carbocycles. The van der Waals surface area contributed by atoms with Gasteiger partial charge in [0.1, 0.15) is 0 Å². The van der Waals surface area contributed by atoms with E-state index >= 15 is 0 Å². The molecule has 2 nitrogen and oxygen atoms in total. The number of pyridine rings is 2. The van der Waals surface area contributed by atoms with E-state index in [-0.39, 0.29) is 5.52 Å². The molecule has 16 heavy (non-hydrogen) atoms. The van der Waals surface area contributed by atoms with Crippen molar-refractivity contribution in [2.24, 2.45) is 0 Å². The largest absolute Gasteiger partial charge is 0.434 e. The van der Waals surface area contributed by atoms with Crippen LogP contribution in [0.4, 0.5) is 13.2 Å². The van der Waals surface area contributed by atoms with Gasteiger partial charge in [-0.05, 0) is 22.0 Å². The van der Waals surface area contributed by atoms with Gasteiger partial charge >= 0.3 is 6.18 Å². The van der Waals surface area contributed by atoms with Gasteiger partial charge in [0.15, 0.2) is 5.69 Å². The maximum atomic E-state index is 12.5. The van der Waals surface area contributed by atoms with Crippen molar-refractivity contribution >= 4 is 38.4 Å². The molecule has 2 aromatic heterocycles. The Hall–Kier alpha value is -0.880. The van der Waals surface area contributed by atoms with Crippen molar-refractivity contribution < 1.29 is 13.2 Å². The van der Waals surface area contributed by atoms with Crippen LogP contribution < -0.4 is 0 Å². The number of fused-ring (bicyclic) bond motifs is 1. The first kappa shape index (κ1) is 11.6. The fourth-order valence-corrected chi connectivity index (χ4v) is 1.94. The van der Waals surface area contributed by atoms with E-state index in [1.807, 2.05) is 0 Å². The number of alkyl halides is 3. The number of halogens is 5. The molecule has 0 atom stereocenters. The van der Waals surface area contributed by atoms with Gasteiger partial charge < -0.3 is 0 Å². The lowest BCUT2D eigenvalue weighted by atomic mass is 10.2. The van der Waals surface area contributed by atoms with E-state index < -0.39 is 16.9 Å². The molecular formula is C9H3BrClF3N2. The lowest BCUT2D eigenvalue weighted by Gasteiger charge is -2.09. The third kappa shape index (κ3) is 1.99. The van der Waals surface area contributed by atoms with E-state index in [9.17, 15) is 13.2 Å². The number of nitrogens with zero attached hydrogens (tertiary/aromatic N) is 2. The molecule has 7 heteroatoms. The van der Waals surface area contributed by atoms with Crippen LogP contribution in [0.1, 0.15) is 5.69 Å². The highest BCUT2D eigenvalue weighted by Gasteiger charge is 2.35. The van der Waals surface area contributed by atoms with Crippen LogP contribution in [-0.2, 0) is 6.18 Å². The van der Waals surface area contributed by atoms with Gasteiger partial charge in [-0.15, -0.1) is 0 Å². The van der Waals surface area contributed by atoms with Crippen molar-refractivity contribution in [2.75, 3.05) is 0 Å². The molecule has 0 N–H and O–H groups in total. The highest BCUT2D eigenvalue weighted by Crippen LogP contribution is 2.35. The van der Waals surface area contributed by atoms with Crippen molar-refractivity contribution in [1.82, 2.24) is 9.97 Å². The third-order valence-electron chi connectivity index (χ3n) is 1.90. The SMILES string of the molecule is FC(F)(F)c1nc2c(Br)cncc2cc1Cl. The van der Waals surface area contributed by atoms with Crippen LogP contribution in [0, 0.1) is 0 Å². The summed E-state index contributed by atoms with van der Waals surface area (Å²) in [5.74, 6) is 0. The predicted octanol–water partition coefficient (Wildman–Crippen LogP) is 4.06. The Kier molecular flexibility index (Phi) is 2.79. The molecule has 0 fully saturated rings. The molecule has 0 saturated carbocycles. The molecule has 84 valence electrons. The van der Waals surface area contributed by atoms with Crippen LogP contribution in [0.3, 0.4) is 0 Å². The maximum Gasteiger partial charge on any atom is 0.434 e. The minimum atomic E-state index is -4.56. The van der Waals surface area contributed by atoms with E-state index in [1.165, 1.54) is 18.5 Å². The van der Waals surface area contributed by atoms with Gasteiger partial charge in [-0.1, -0.05) is 11.6 Å². The second-order valence-corrected chi connectivity index (χ2v) is 4.27. The molecule has 0 aliphatic rings. The Morgan fingerprint density at radius 3 is 2.56 bits per heavy atom. The molecule has 0 saturated heterocycles. The molecule has 0 spiro atoms. The number of hydrogen-bond donors (Lipinski definition) is 0. The van der Waals surface area contributed by atoms with Gasteiger partial charge in [0.25, 0.3) is 0 Å². The highest BCUT2D eigenvalue weighted by atomic mass is 79.9. The van der Waals surface area contributed by atoms with Crippen LogP contribution in [0.15, 0.2) is 22.9 Å². The molecule has 0 aliphatic carbocycles. The van der Waals surface area contributed by atoms with Gasteiger partial charge in [0.05, 0.1) is 15.0 Å². The summed E-state index contributed by atoms with van der Waals surface area (Å²) >= 11 is 8.60. The Morgan fingerprint density at radius 2 is 1.94 bits per heavy atom. The molecule has 0 aliphatic heterocycles. The summed E-state index contributed by atoms with van der Waals surface area (Å²) < 4.78 is 38.0. The van der Waals surface area contributed by atoms with Crippen LogP contribution >= 0.6 is 27.5 Å². The Morgan fingerprint density at radius 1 is 1.25 bits per heavy atom. The monoisotopic (exact) mass is 310 g/mol. The van der Waals surface area contributed by atoms with Crippen LogP contribution in [0.25, 0.3) is 10.9 Å². The Bertz CT molecular complexity index is 556. The standard InChI is InChI=1S/C9H3BrClF3N2/c10-5-3-15-2-4-1-6(11)8(9(12,13)14)16-7(4)5/h1-3H. The first-order valence-corrected chi connectivity index (χ1v) is 5.23. The quantitative estimate of drug-likeness (QED) is 0.733. The smallest absolute Gasteiger partial charge is 0.263 e. The van der Waals surface area contributed by atoms with E-state index in [0.717, 1.165) is 0 Å². The summed E-state index contributed by atoms with van der Waals surface area (Å²) in [6.45, 7) is 0. The molecule has 0 amide bonds. The average molecular weight is 311 g/mol. The van der Waals surface area contributed by atoms with Crippen molar-refractivity contribution in [3.63, 3.8) is 0 Å². The zero-order chi connectivity index (χ0) is 11.9. The van der Waals surface area contributed by atoms with Crippen LogP contribution in [0.5, 0.6) is 0 Å². The normalized spacial score (nSPS) is 12.1. The average Bonchev–Trinajstić information content (AvgIpc) is 2.15. The fourth-order valence-electron chi connectivity index (χ4n) is 1.24.